The van der Waals surface area contributed by atoms with E-state index >= 15 is 0 Å². The van der Waals surface area contributed by atoms with Crippen molar-refractivity contribution in [3.8, 4) is 0 Å². The fourth-order valence-electron chi connectivity index (χ4n) is 2.18. The summed E-state index contributed by atoms with van der Waals surface area (Å²) in [7, 11) is 0. The van der Waals surface area contributed by atoms with Gasteiger partial charge in [-0.15, -0.1) is 0 Å². The van der Waals surface area contributed by atoms with E-state index in [1.165, 1.54) is 38.5 Å². The van der Waals surface area contributed by atoms with Crippen LogP contribution in [0.1, 0.15) is 38.5 Å². The van der Waals surface area contributed by atoms with Gasteiger partial charge in [-0.2, -0.15) is 0 Å². The van der Waals surface area contributed by atoms with Crippen molar-refractivity contribution in [2.75, 3.05) is 0 Å². The van der Waals surface area contributed by atoms with Crippen LogP contribution >= 0.6 is 0 Å². The first kappa shape index (κ1) is 6.66. The third-order valence-electron chi connectivity index (χ3n) is 3.11. The van der Waals surface area contributed by atoms with Gasteiger partial charge in [-0.1, -0.05) is 0 Å². The van der Waals surface area contributed by atoms with Gasteiger partial charge >= 0.3 is 0 Å². The van der Waals surface area contributed by atoms with E-state index in [4.69, 9.17) is 5.73 Å². The molecule has 1 heteroatoms. The molecule has 1 nitrogen and oxygen atoms in total. The van der Waals surface area contributed by atoms with Gasteiger partial charge in [0.15, 0.2) is 0 Å². The van der Waals surface area contributed by atoms with Gasteiger partial charge in [0.25, 0.3) is 0 Å². The maximum atomic E-state index is 5.82. The lowest BCUT2D eigenvalue weighted by atomic mass is 9.83. The molecule has 0 atom stereocenters. The first-order valence-electron chi connectivity index (χ1n) is 4.62. The number of rotatable bonds is 1. The van der Waals surface area contributed by atoms with Gasteiger partial charge < -0.3 is 5.73 Å². The highest BCUT2D eigenvalue weighted by atomic mass is 14.6. The minimum absolute atomic E-state index is 0.537. The Morgan fingerprint density at radius 2 is 1.10 bits per heavy atom. The average Bonchev–Trinajstić information content (AvgIpc) is 2.71. The van der Waals surface area contributed by atoms with Crippen LogP contribution < -0.4 is 5.73 Å². The molecule has 2 N–H and O–H groups in total. The molecule has 0 bridgehead atoms. The second-order valence-electron chi connectivity index (χ2n) is 4.01. The van der Waals surface area contributed by atoms with Crippen LogP contribution in [0.4, 0.5) is 0 Å². The zero-order chi connectivity index (χ0) is 6.97. The van der Waals surface area contributed by atoms with Crippen molar-refractivity contribution in [1.29, 1.82) is 0 Å². The molecule has 0 radical (unpaired) electrons. The van der Waals surface area contributed by atoms with Crippen LogP contribution in [-0.4, -0.2) is 6.04 Å². The van der Waals surface area contributed by atoms with E-state index in [0.717, 1.165) is 11.8 Å². The summed E-state index contributed by atoms with van der Waals surface area (Å²) < 4.78 is 0. The molecule has 2 saturated carbocycles. The monoisotopic (exact) mass is 139 g/mol. The minimum Gasteiger partial charge on any atom is -0.328 e. The molecule has 0 aromatic carbocycles. The Balaban J connectivity index is 1.79. The lowest BCUT2D eigenvalue weighted by molar-refractivity contribution is 0.296. The average molecular weight is 139 g/mol. The number of hydrogen-bond acceptors (Lipinski definition) is 1. The lowest BCUT2D eigenvalue weighted by Crippen LogP contribution is -2.27. The predicted octanol–water partition coefficient (Wildman–Crippen LogP) is 1.91. The van der Waals surface area contributed by atoms with Gasteiger partial charge in [0, 0.05) is 6.04 Å². The molecule has 2 aliphatic carbocycles. The van der Waals surface area contributed by atoms with Crippen LogP contribution in [0.3, 0.4) is 0 Å². The van der Waals surface area contributed by atoms with Crippen molar-refractivity contribution in [1.82, 2.24) is 0 Å². The third kappa shape index (κ3) is 1.34. The second kappa shape index (κ2) is 2.54. The topological polar surface area (TPSA) is 26.0 Å². The predicted molar refractivity (Wildman–Crippen MR) is 42.7 cm³/mol. The van der Waals surface area contributed by atoms with Gasteiger partial charge in [0.1, 0.15) is 0 Å². The Labute approximate surface area is 63.0 Å². The summed E-state index contributed by atoms with van der Waals surface area (Å²) in [5, 5.41) is 0. The molecule has 0 saturated heterocycles. The highest BCUT2D eigenvalue weighted by molar-refractivity contribution is 4.85. The maximum absolute atomic E-state index is 5.82. The van der Waals surface area contributed by atoms with Gasteiger partial charge in [-0.05, 0) is 50.4 Å². The van der Waals surface area contributed by atoms with E-state index in [9.17, 15) is 0 Å². The summed E-state index contributed by atoms with van der Waals surface area (Å²) in [6, 6.07) is 0.537. The highest BCUT2D eigenvalue weighted by Gasteiger charge is 2.32. The Kier molecular flexibility index (Phi) is 1.69. The molecule has 0 aromatic heterocycles. The van der Waals surface area contributed by atoms with Gasteiger partial charge in [0.2, 0.25) is 0 Å². The van der Waals surface area contributed by atoms with Crippen LogP contribution in [0.5, 0.6) is 0 Å². The van der Waals surface area contributed by atoms with E-state index in [2.05, 4.69) is 0 Å². The Bertz CT molecular complexity index is 110. The normalized spacial score (nSPS) is 41.7. The van der Waals surface area contributed by atoms with Crippen molar-refractivity contribution in [2.24, 2.45) is 17.6 Å². The smallest absolute Gasteiger partial charge is 0.00390 e. The molecule has 10 heavy (non-hydrogen) atoms. The van der Waals surface area contributed by atoms with Gasteiger partial charge in [0.05, 0.1) is 0 Å². The summed E-state index contributed by atoms with van der Waals surface area (Å²) in [5.41, 5.74) is 5.82. The van der Waals surface area contributed by atoms with Gasteiger partial charge in [-0.25, -0.2) is 0 Å². The maximum Gasteiger partial charge on any atom is 0.00390 e. The number of nitrogens with two attached hydrogens (primary N) is 1. The van der Waals surface area contributed by atoms with Crippen LogP contribution in [0.2, 0.25) is 0 Å². The van der Waals surface area contributed by atoms with Crippen molar-refractivity contribution < 1.29 is 0 Å². The van der Waals surface area contributed by atoms with Gasteiger partial charge in [-0.3, -0.25) is 0 Å². The molecule has 2 rings (SSSR count). The van der Waals surface area contributed by atoms with E-state index in [1.54, 1.807) is 0 Å². The minimum atomic E-state index is 0.537. The third-order valence-corrected chi connectivity index (χ3v) is 3.11. The molecule has 2 fully saturated rings. The van der Waals surface area contributed by atoms with Crippen LogP contribution in [-0.2, 0) is 0 Å². The summed E-state index contributed by atoms with van der Waals surface area (Å²) in [5.74, 6) is 2.19. The number of hydrogen-bond donors (Lipinski definition) is 1. The molecule has 0 amide bonds. The lowest BCUT2D eigenvalue weighted by Gasteiger charge is -2.25. The first-order chi connectivity index (χ1) is 4.86. The Morgan fingerprint density at radius 3 is 1.50 bits per heavy atom. The van der Waals surface area contributed by atoms with Crippen LogP contribution in [0, 0.1) is 11.8 Å². The van der Waals surface area contributed by atoms with Crippen LogP contribution in [0.15, 0.2) is 0 Å². The quantitative estimate of drug-likeness (QED) is 0.590. The molecule has 0 spiro atoms. The second-order valence-corrected chi connectivity index (χ2v) is 4.01. The summed E-state index contributed by atoms with van der Waals surface area (Å²) in [6.45, 7) is 0. The molecular weight excluding hydrogens is 122 g/mol. The molecule has 58 valence electrons. The molecule has 0 heterocycles. The van der Waals surface area contributed by atoms with Crippen molar-refractivity contribution in [2.45, 2.75) is 44.6 Å². The molecule has 0 unspecified atom stereocenters. The molecule has 0 aromatic rings. The van der Waals surface area contributed by atoms with E-state index in [-0.39, 0.29) is 0 Å². The van der Waals surface area contributed by atoms with Crippen LogP contribution in [0.25, 0.3) is 0 Å². The molecular formula is C9H17N. The van der Waals surface area contributed by atoms with Crippen molar-refractivity contribution >= 4 is 0 Å². The van der Waals surface area contributed by atoms with Crippen molar-refractivity contribution in [3.05, 3.63) is 0 Å². The zero-order valence-corrected chi connectivity index (χ0v) is 6.55. The highest BCUT2D eigenvalue weighted by Crippen LogP contribution is 2.43. The Morgan fingerprint density at radius 1 is 0.700 bits per heavy atom. The molecule has 2 aliphatic rings. The Hall–Kier alpha value is -0.0400. The summed E-state index contributed by atoms with van der Waals surface area (Å²) in [6.07, 6.45) is 8.46. The standard InChI is InChI=1S/C9H17N/c10-9-5-3-8(4-6-9)7-1-2-7/h7-9H,1-6,10H2. The first-order valence-corrected chi connectivity index (χ1v) is 4.62. The van der Waals surface area contributed by atoms with E-state index < -0.39 is 0 Å². The van der Waals surface area contributed by atoms with E-state index in [0.29, 0.717) is 6.04 Å². The summed E-state index contributed by atoms with van der Waals surface area (Å²) >= 11 is 0. The zero-order valence-electron chi connectivity index (χ0n) is 6.55. The van der Waals surface area contributed by atoms with E-state index in [1.807, 2.05) is 0 Å². The largest absolute Gasteiger partial charge is 0.328 e. The summed E-state index contributed by atoms with van der Waals surface area (Å²) in [4.78, 5) is 0. The van der Waals surface area contributed by atoms with Crippen molar-refractivity contribution in [3.63, 3.8) is 0 Å². The molecule has 0 aliphatic heterocycles. The fourth-order valence-corrected chi connectivity index (χ4v) is 2.18. The SMILES string of the molecule is NC1CCC(C2CC2)CC1. The fraction of sp³-hybridized carbons (Fsp3) is 1.00.